The molecule has 5 aromatic rings. The van der Waals surface area contributed by atoms with Crippen molar-refractivity contribution in [2.24, 2.45) is 0 Å². The first-order chi connectivity index (χ1) is 20.6. The summed E-state index contributed by atoms with van der Waals surface area (Å²) in [4.78, 5) is 31.3. The van der Waals surface area contributed by atoms with Crippen molar-refractivity contribution in [3.05, 3.63) is 66.1 Å². The number of carbonyl (C=O) groups is 1. The van der Waals surface area contributed by atoms with E-state index in [0.29, 0.717) is 54.2 Å². The van der Waals surface area contributed by atoms with E-state index < -0.39 is 11.4 Å². The smallest absolute Gasteiger partial charge is 0.410 e. The number of hydrogen-bond acceptors (Lipinski definition) is 10. The van der Waals surface area contributed by atoms with Crippen LogP contribution in [-0.2, 0) is 4.74 Å². The average molecular weight is 607 g/mol. The lowest BCUT2D eigenvalue weighted by Crippen LogP contribution is -2.44. The summed E-state index contributed by atoms with van der Waals surface area (Å²) in [5.74, 6) is 0.479. The minimum atomic E-state index is -0.723. The molecule has 1 amide bonds. The molecule has 1 aromatic carbocycles. The van der Waals surface area contributed by atoms with E-state index in [2.05, 4.69) is 30.4 Å². The van der Waals surface area contributed by atoms with Gasteiger partial charge in [-0.25, -0.2) is 33.6 Å². The van der Waals surface area contributed by atoms with Crippen molar-refractivity contribution in [1.82, 2.24) is 34.4 Å². The van der Waals surface area contributed by atoms with Crippen molar-refractivity contribution < 1.29 is 23.4 Å². The number of amides is 1. The zero-order valence-electron chi connectivity index (χ0n) is 23.6. The molecular weight excluding hydrogens is 579 g/mol. The Morgan fingerprint density at radius 2 is 1.88 bits per heavy atom. The van der Waals surface area contributed by atoms with Crippen LogP contribution in [0.15, 0.2) is 55.2 Å². The van der Waals surface area contributed by atoms with Gasteiger partial charge in [0.05, 0.1) is 11.2 Å². The molecule has 0 spiro atoms. The van der Waals surface area contributed by atoms with Gasteiger partial charge >= 0.3 is 6.09 Å². The summed E-state index contributed by atoms with van der Waals surface area (Å²) in [5.41, 5.74) is 1.04. The molecule has 222 valence electrons. The first kappa shape index (κ1) is 28.3. The average Bonchev–Trinajstić information content (AvgIpc) is 3.45. The van der Waals surface area contributed by atoms with E-state index in [0.717, 1.165) is 0 Å². The predicted octanol–water partition coefficient (Wildman–Crippen LogP) is 6.17. The molecule has 12 nitrogen and oxygen atoms in total. The Bertz CT molecular complexity index is 1800. The Kier molecular flexibility index (Phi) is 7.57. The van der Waals surface area contributed by atoms with E-state index in [1.165, 1.54) is 18.7 Å². The second kappa shape index (κ2) is 11.5. The van der Waals surface area contributed by atoms with Gasteiger partial charge in [-0.1, -0.05) is 11.6 Å². The number of piperidine rings is 1. The third-order valence-electron chi connectivity index (χ3n) is 6.62. The molecule has 0 bridgehead atoms. The predicted molar refractivity (Wildman–Crippen MR) is 157 cm³/mol. The number of nitrogens with zero attached hydrogens (tertiary/aromatic N) is 7. The highest BCUT2D eigenvalue weighted by atomic mass is 35.5. The molecule has 6 rings (SSSR count). The highest BCUT2D eigenvalue weighted by Gasteiger charge is 2.28. The lowest BCUT2D eigenvalue weighted by Gasteiger charge is -2.33. The number of benzene rings is 1. The summed E-state index contributed by atoms with van der Waals surface area (Å²) in [6, 6.07) is 9.86. The van der Waals surface area contributed by atoms with Gasteiger partial charge in [-0.3, -0.25) is 0 Å². The van der Waals surface area contributed by atoms with Crippen LogP contribution in [-0.4, -0.2) is 65.3 Å². The fourth-order valence-electron chi connectivity index (χ4n) is 4.55. The van der Waals surface area contributed by atoms with Crippen LogP contribution in [0.1, 0.15) is 33.6 Å². The number of fused-ring (bicyclic) bond motifs is 2. The van der Waals surface area contributed by atoms with Crippen LogP contribution in [0.2, 0.25) is 5.02 Å². The lowest BCUT2D eigenvalue weighted by atomic mass is 10.1. The SMILES string of the molecule is CC(C)(C)OC(=O)N1CCC(Oc2ccc3ncnc(Nc4ccc(Oc5ccn6ncnc6c5)c(Cl)c4F)c3n2)CC1. The standard InChI is InChI=1S/C29H28ClFN8O4/c1-29(2,3)43-28(40)38-11-8-17(9-12-38)42-23-7-5-20-26(37-23)27(34-15-32-20)36-19-4-6-21(24(30)25(19)31)41-18-10-13-39-22(14-18)33-16-35-39/h4-7,10,13-17H,8-9,11-12H2,1-3H3,(H,32,34,36). The number of anilines is 2. The van der Waals surface area contributed by atoms with E-state index in [1.54, 1.807) is 45.9 Å². The van der Waals surface area contributed by atoms with Crippen molar-refractivity contribution in [2.75, 3.05) is 18.4 Å². The summed E-state index contributed by atoms with van der Waals surface area (Å²) < 4.78 is 34.4. The molecule has 5 heterocycles. The van der Waals surface area contributed by atoms with Crippen molar-refractivity contribution in [2.45, 2.75) is 45.3 Å². The molecule has 1 aliphatic heterocycles. The Morgan fingerprint density at radius 1 is 1.07 bits per heavy atom. The van der Waals surface area contributed by atoms with Gasteiger partial charge in [0.25, 0.3) is 0 Å². The van der Waals surface area contributed by atoms with Crippen LogP contribution in [0.4, 0.5) is 20.7 Å². The molecule has 4 aromatic heterocycles. The van der Waals surface area contributed by atoms with E-state index in [4.69, 9.17) is 25.8 Å². The molecule has 1 N–H and O–H groups in total. The molecule has 1 aliphatic rings. The van der Waals surface area contributed by atoms with Crippen LogP contribution < -0.4 is 14.8 Å². The summed E-state index contributed by atoms with van der Waals surface area (Å²) >= 11 is 6.35. The number of ether oxygens (including phenoxy) is 3. The lowest BCUT2D eigenvalue weighted by molar-refractivity contribution is 0.0123. The van der Waals surface area contributed by atoms with Crippen molar-refractivity contribution >= 4 is 45.9 Å². The number of likely N-dealkylation sites (tertiary alicyclic amines) is 1. The van der Waals surface area contributed by atoms with Crippen molar-refractivity contribution in [3.8, 4) is 17.4 Å². The minimum absolute atomic E-state index is 0.0768. The number of halogens is 2. The number of aromatic nitrogens is 6. The quantitative estimate of drug-likeness (QED) is 0.239. The van der Waals surface area contributed by atoms with Gasteiger partial charge in [0, 0.05) is 44.3 Å². The molecule has 0 atom stereocenters. The Morgan fingerprint density at radius 3 is 2.67 bits per heavy atom. The topological polar surface area (TPSA) is 129 Å². The van der Waals surface area contributed by atoms with Crippen LogP contribution >= 0.6 is 11.6 Å². The van der Waals surface area contributed by atoms with Gasteiger partial charge < -0.3 is 24.4 Å². The van der Waals surface area contributed by atoms with Crippen LogP contribution in [0.3, 0.4) is 0 Å². The first-order valence-electron chi connectivity index (χ1n) is 13.6. The highest BCUT2D eigenvalue weighted by molar-refractivity contribution is 6.32. The second-order valence-electron chi connectivity index (χ2n) is 10.9. The second-order valence-corrected chi connectivity index (χ2v) is 11.3. The molecule has 1 fully saturated rings. The largest absolute Gasteiger partial charge is 0.474 e. The maximum Gasteiger partial charge on any atom is 0.410 e. The number of nitrogens with one attached hydrogen (secondary N) is 1. The molecule has 0 aliphatic carbocycles. The summed E-state index contributed by atoms with van der Waals surface area (Å²) in [6.45, 7) is 6.55. The van der Waals surface area contributed by atoms with E-state index in [9.17, 15) is 4.79 Å². The zero-order chi connectivity index (χ0) is 30.1. The van der Waals surface area contributed by atoms with E-state index in [-0.39, 0.29) is 34.5 Å². The minimum Gasteiger partial charge on any atom is -0.474 e. The summed E-state index contributed by atoms with van der Waals surface area (Å²) in [7, 11) is 0. The van der Waals surface area contributed by atoms with Gasteiger partial charge in [0.1, 0.15) is 46.4 Å². The molecule has 0 unspecified atom stereocenters. The molecule has 0 saturated carbocycles. The van der Waals surface area contributed by atoms with Crippen LogP contribution in [0, 0.1) is 5.82 Å². The van der Waals surface area contributed by atoms with Crippen LogP contribution in [0.25, 0.3) is 16.7 Å². The number of rotatable bonds is 6. The maximum absolute atomic E-state index is 15.4. The zero-order valence-corrected chi connectivity index (χ0v) is 24.4. The number of carbonyl (C=O) groups excluding carboxylic acids is 1. The molecule has 43 heavy (non-hydrogen) atoms. The number of pyridine rings is 2. The first-order valence-corrected chi connectivity index (χ1v) is 14.0. The van der Waals surface area contributed by atoms with E-state index in [1.807, 2.05) is 20.8 Å². The fraction of sp³-hybridized carbons (Fsp3) is 0.310. The fourth-order valence-corrected chi connectivity index (χ4v) is 4.76. The Hall–Kier alpha value is -4.78. The van der Waals surface area contributed by atoms with Gasteiger partial charge in [-0.15, -0.1) is 0 Å². The monoisotopic (exact) mass is 606 g/mol. The van der Waals surface area contributed by atoms with Gasteiger partial charge in [-0.05, 0) is 45.0 Å². The number of hydrogen-bond donors (Lipinski definition) is 1. The third kappa shape index (κ3) is 6.36. The normalized spacial score (nSPS) is 14.2. The summed E-state index contributed by atoms with van der Waals surface area (Å²) in [5, 5.41) is 6.80. The Labute approximate surface area is 250 Å². The molecule has 0 radical (unpaired) electrons. The van der Waals surface area contributed by atoms with Gasteiger partial charge in [0.15, 0.2) is 17.3 Å². The highest BCUT2D eigenvalue weighted by Crippen LogP contribution is 2.36. The van der Waals surface area contributed by atoms with Crippen molar-refractivity contribution in [1.29, 1.82) is 0 Å². The summed E-state index contributed by atoms with van der Waals surface area (Å²) in [6.07, 6.45) is 5.24. The van der Waals surface area contributed by atoms with E-state index >= 15 is 4.39 Å². The third-order valence-corrected chi connectivity index (χ3v) is 6.97. The Balaban J connectivity index is 1.15. The molecule has 1 saturated heterocycles. The maximum atomic E-state index is 15.4. The van der Waals surface area contributed by atoms with Gasteiger partial charge in [0.2, 0.25) is 5.88 Å². The molecule has 14 heteroatoms. The van der Waals surface area contributed by atoms with Crippen molar-refractivity contribution in [3.63, 3.8) is 0 Å². The molecular formula is C29H28ClFN8O4. The van der Waals surface area contributed by atoms with Crippen LogP contribution in [0.5, 0.6) is 17.4 Å². The van der Waals surface area contributed by atoms with Gasteiger partial charge in [-0.2, -0.15) is 5.10 Å².